The Hall–Kier alpha value is -1.35. The maximum atomic E-state index is 11.3. The molecule has 0 saturated carbocycles. The molecule has 1 amide bonds. The van der Waals surface area contributed by atoms with Crippen LogP contribution in [0.3, 0.4) is 0 Å². The topological polar surface area (TPSA) is 74.0 Å². The van der Waals surface area contributed by atoms with E-state index in [-0.39, 0.29) is 29.9 Å². The molecule has 1 aromatic rings. The Kier molecular flexibility index (Phi) is 12.2. The van der Waals surface area contributed by atoms with Gasteiger partial charge in [-0.05, 0) is 43.8 Å². The van der Waals surface area contributed by atoms with Crippen LogP contribution in [0.5, 0.6) is 0 Å². The SMILES string of the molecule is CCN(CC)C(CNC(=NC)N1CCCC(CC(N)=O)C1)Cc1ccccc1.I. The van der Waals surface area contributed by atoms with E-state index in [0.29, 0.717) is 18.4 Å². The first kappa shape index (κ1) is 25.7. The number of halogens is 1. The van der Waals surface area contributed by atoms with Gasteiger partial charge in [-0.2, -0.15) is 0 Å². The zero-order valence-corrected chi connectivity index (χ0v) is 20.5. The zero-order valence-electron chi connectivity index (χ0n) is 18.1. The first-order valence-corrected chi connectivity index (χ1v) is 10.6. The fourth-order valence-electron chi connectivity index (χ4n) is 4.21. The summed E-state index contributed by atoms with van der Waals surface area (Å²) in [5.74, 6) is 1.05. The van der Waals surface area contributed by atoms with Gasteiger partial charge in [-0.3, -0.25) is 14.7 Å². The highest BCUT2D eigenvalue weighted by molar-refractivity contribution is 14.0. The van der Waals surface area contributed by atoms with E-state index in [1.165, 1.54) is 5.56 Å². The number of likely N-dealkylation sites (tertiary alicyclic amines) is 1. The minimum absolute atomic E-state index is 0. The van der Waals surface area contributed by atoms with Crippen LogP contribution in [0.2, 0.25) is 0 Å². The second-order valence-electron chi connectivity index (χ2n) is 7.62. The number of aliphatic imine (C=N–C) groups is 1. The van der Waals surface area contributed by atoms with E-state index < -0.39 is 0 Å². The fraction of sp³-hybridized carbons (Fsp3) is 0.636. The van der Waals surface area contributed by atoms with Crippen LogP contribution in [-0.2, 0) is 11.2 Å². The van der Waals surface area contributed by atoms with Crippen molar-refractivity contribution in [1.29, 1.82) is 0 Å². The van der Waals surface area contributed by atoms with Gasteiger partial charge in [-0.25, -0.2) is 0 Å². The number of nitrogens with one attached hydrogen (secondary N) is 1. The van der Waals surface area contributed by atoms with Crippen LogP contribution in [0.1, 0.15) is 38.7 Å². The number of nitrogens with two attached hydrogens (primary N) is 1. The van der Waals surface area contributed by atoms with Gasteiger partial charge in [0, 0.05) is 39.1 Å². The Balaban J connectivity index is 0.00000420. The smallest absolute Gasteiger partial charge is 0.217 e. The Labute approximate surface area is 193 Å². The summed E-state index contributed by atoms with van der Waals surface area (Å²) in [6, 6.07) is 11.1. The largest absolute Gasteiger partial charge is 0.370 e. The molecule has 0 aliphatic carbocycles. The summed E-state index contributed by atoms with van der Waals surface area (Å²) in [7, 11) is 1.84. The van der Waals surface area contributed by atoms with E-state index in [1.54, 1.807) is 0 Å². The molecular weight excluding hydrogens is 477 g/mol. The van der Waals surface area contributed by atoms with Crippen LogP contribution in [0.4, 0.5) is 0 Å². The average molecular weight is 515 g/mol. The highest BCUT2D eigenvalue weighted by atomic mass is 127. The third-order valence-corrected chi connectivity index (χ3v) is 5.66. The molecule has 2 unspecified atom stereocenters. The molecule has 1 saturated heterocycles. The number of primary amides is 1. The molecule has 7 heteroatoms. The van der Waals surface area contributed by atoms with Gasteiger partial charge >= 0.3 is 0 Å². The number of benzene rings is 1. The van der Waals surface area contributed by atoms with Gasteiger partial charge < -0.3 is 16.0 Å². The Morgan fingerprint density at radius 1 is 1.31 bits per heavy atom. The van der Waals surface area contributed by atoms with Crippen LogP contribution in [0.15, 0.2) is 35.3 Å². The minimum atomic E-state index is -0.209. The number of guanidine groups is 1. The van der Waals surface area contributed by atoms with E-state index >= 15 is 0 Å². The summed E-state index contributed by atoms with van der Waals surface area (Å²) < 4.78 is 0. The van der Waals surface area contributed by atoms with Crippen molar-refractivity contribution in [2.45, 2.75) is 45.6 Å². The molecule has 1 aromatic carbocycles. The number of piperidine rings is 1. The van der Waals surface area contributed by atoms with Crippen LogP contribution in [-0.4, -0.2) is 67.5 Å². The van der Waals surface area contributed by atoms with Crippen molar-refractivity contribution < 1.29 is 4.79 Å². The highest BCUT2D eigenvalue weighted by Gasteiger charge is 2.24. The lowest BCUT2D eigenvalue weighted by molar-refractivity contribution is -0.119. The normalized spacial score (nSPS) is 18.3. The Morgan fingerprint density at radius 3 is 2.59 bits per heavy atom. The maximum absolute atomic E-state index is 11.3. The van der Waals surface area contributed by atoms with Crippen molar-refractivity contribution in [2.24, 2.45) is 16.6 Å². The van der Waals surface area contributed by atoms with Gasteiger partial charge in [-0.1, -0.05) is 44.2 Å². The zero-order chi connectivity index (χ0) is 20.4. The lowest BCUT2D eigenvalue weighted by Crippen LogP contribution is -2.51. The molecule has 1 heterocycles. The highest BCUT2D eigenvalue weighted by Crippen LogP contribution is 2.19. The molecule has 0 spiro atoms. The van der Waals surface area contributed by atoms with E-state index in [0.717, 1.165) is 57.9 Å². The Bertz CT molecular complexity index is 621. The molecule has 1 aliphatic heterocycles. The summed E-state index contributed by atoms with van der Waals surface area (Å²) in [4.78, 5) is 20.6. The first-order valence-electron chi connectivity index (χ1n) is 10.6. The first-order chi connectivity index (χ1) is 13.6. The molecule has 1 fully saturated rings. The number of amides is 1. The van der Waals surface area contributed by atoms with Crippen LogP contribution in [0.25, 0.3) is 0 Å². The molecule has 29 heavy (non-hydrogen) atoms. The van der Waals surface area contributed by atoms with Gasteiger partial charge in [0.25, 0.3) is 0 Å². The predicted molar refractivity (Wildman–Crippen MR) is 132 cm³/mol. The van der Waals surface area contributed by atoms with Gasteiger partial charge in [-0.15, -0.1) is 24.0 Å². The summed E-state index contributed by atoms with van der Waals surface area (Å²) in [5.41, 5.74) is 6.76. The molecule has 0 radical (unpaired) electrons. The molecule has 0 aromatic heterocycles. The van der Waals surface area contributed by atoms with E-state index in [4.69, 9.17) is 5.73 Å². The van der Waals surface area contributed by atoms with Crippen molar-refractivity contribution in [3.05, 3.63) is 35.9 Å². The number of carbonyl (C=O) groups excluding carboxylic acids is 1. The van der Waals surface area contributed by atoms with Crippen LogP contribution < -0.4 is 11.1 Å². The monoisotopic (exact) mass is 515 g/mol. The van der Waals surface area contributed by atoms with Crippen LogP contribution in [0, 0.1) is 5.92 Å². The van der Waals surface area contributed by atoms with Crippen LogP contribution >= 0.6 is 24.0 Å². The molecule has 2 rings (SSSR count). The molecule has 6 nitrogen and oxygen atoms in total. The third kappa shape index (κ3) is 8.50. The molecule has 0 bridgehead atoms. The number of nitrogens with zero attached hydrogens (tertiary/aromatic N) is 3. The summed E-state index contributed by atoms with van der Waals surface area (Å²) >= 11 is 0. The summed E-state index contributed by atoms with van der Waals surface area (Å²) in [6.45, 7) is 9.16. The lowest BCUT2D eigenvalue weighted by Gasteiger charge is -2.36. The van der Waals surface area contributed by atoms with Crippen molar-refractivity contribution in [3.8, 4) is 0 Å². The summed E-state index contributed by atoms with van der Waals surface area (Å²) in [6.07, 6.45) is 3.61. The number of rotatable bonds is 9. The molecule has 3 N–H and O–H groups in total. The van der Waals surface area contributed by atoms with Gasteiger partial charge in [0.15, 0.2) is 5.96 Å². The number of carbonyl (C=O) groups is 1. The second-order valence-corrected chi connectivity index (χ2v) is 7.62. The maximum Gasteiger partial charge on any atom is 0.217 e. The van der Waals surface area contributed by atoms with E-state index in [2.05, 4.69) is 64.3 Å². The van der Waals surface area contributed by atoms with Gasteiger partial charge in [0.2, 0.25) is 5.91 Å². The second kappa shape index (κ2) is 13.8. The molecular formula is C22H38IN5O. The van der Waals surface area contributed by atoms with Crippen molar-refractivity contribution in [2.75, 3.05) is 39.8 Å². The quantitative estimate of drug-likeness (QED) is 0.302. The minimum Gasteiger partial charge on any atom is -0.370 e. The third-order valence-electron chi connectivity index (χ3n) is 5.66. The fourth-order valence-corrected chi connectivity index (χ4v) is 4.21. The molecule has 1 aliphatic rings. The standard InChI is InChI=1S/C22H37N5O.HI/c1-4-26(5-2)20(14-18-10-7-6-8-11-18)16-25-22(24-3)27-13-9-12-19(17-27)15-21(23)28;/h6-8,10-11,19-20H,4-5,9,12-17H2,1-3H3,(H2,23,28)(H,24,25);1H. The van der Waals surface area contributed by atoms with E-state index in [1.807, 2.05) is 7.05 Å². The lowest BCUT2D eigenvalue weighted by atomic mass is 9.95. The number of hydrogen-bond donors (Lipinski definition) is 2. The van der Waals surface area contributed by atoms with Crippen molar-refractivity contribution in [3.63, 3.8) is 0 Å². The van der Waals surface area contributed by atoms with Gasteiger partial charge in [0.1, 0.15) is 0 Å². The molecule has 164 valence electrons. The average Bonchev–Trinajstić information content (AvgIpc) is 2.69. The van der Waals surface area contributed by atoms with Gasteiger partial charge in [0.05, 0.1) is 0 Å². The number of hydrogen-bond acceptors (Lipinski definition) is 3. The van der Waals surface area contributed by atoms with Crippen molar-refractivity contribution >= 4 is 35.8 Å². The summed E-state index contributed by atoms with van der Waals surface area (Å²) in [5, 5.41) is 3.60. The van der Waals surface area contributed by atoms with Crippen molar-refractivity contribution in [1.82, 2.24) is 15.1 Å². The Morgan fingerprint density at radius 2 is 2.00 bits per heavy atom. The van der Waals surface area contributed by atoms with E-state index in [9.17, 15) is 4.79 Å². The number of likely N-dealkylation sites (N-methyl/N-ethyl adjacent to an activating group) is 1. The molecule has 2 atom stereocenters. The predicted octanol–water partition coefficient (Wildman–Crippen LogP) is 2.72.